The number of amides is 1. The molecule has 0 bridgehead atoms. The monoisotopic (exact) mass is 338 g/mol. The van der Waals surface area contributed by atoms with Gasteiger partial charge in [0.15, 0.2) is 0 Å². The van der Waals surface area contributed by atoms with Crippen LogP contribution in [-0.2, 0) is 4.79 Å². The summed E-state index contributed by atoms with van der Waals surface area (Å²) in [6.07, 6.45) is 2.81. The van der Waals surface area contributed by atoms with Crippen LogP contribution in [0.5, 0.6) is 0 Å². The third-order valence-corrected chi connectivity index (χ3v) is 4.58. The van der Waals surface area contributed by atoms with Gasteiger partial charge in [-0.2, -0.15) is 0 Å². The van der Waals surface area contributed by atoms with Gasteiger partial charge >= 0.3 is 0 Å². The van der Waals surface area contributed by atoms with Gasteiger partial charge in [-0.15, -0.1) is 12.4 Å². The van der Waals surface area contributed by atoms with E-state index in [-0.39, 0.29) is 18.3 Å². The Labute approximate surface area is 147 Å². The lowest BCUT2D eigenvalue weighted by atomic mass is 9.92. The smallest absolute Gasteiger partial charge is 0.224 e. The molecule has 1 atom stereocenters. The van der Waals surface area contributed by atoms with Crippen LogP contribution in [0.3, 0.4) is 0 Å². The molecule has 2 N–H and O–H groups in total. The van der Waals surface area contributed by atoms with Gasteiger partial charge in [0.2, 0.25) is 5.91 Å². The zero-order chi connectivity index (χ0) is 16.1. The Morgan fingerprint density at radius 1 is 1.22 bits per heavy atom. The predicted octanol–water partition coefficient (Wildman–Crippen LogP) is 4.68. The first-order valence-electron chi connectivity index (χ1n) is 8.62. The zero-order valence-corrected chi connectivity index (χ0v) is 15.6. The predicted molar refractivity (Wildman–Crippen MR) is 101 cm³/mol. The average Bonchev–Trinajstić information content (AvgIpc) is 2.98. The standard InChI is InChI=1S/C19H30N2O.ClH/c1-13(2)16-6-5-7-17(14(3)4)19(16)21-18(22)9-8-15-10-11-20-12-15;/h5-7,13-15,20H,8-12H2,1-4H3,(H,21,22);1H. The minimum absolute atomic E-state index is 0. The van der Waals surface area contributed by atoms with E-state index < -0.39 is 0 Å². The molecule has 3 nitrogen and oxygen atoms in total. The van der Waals surface area contributed by atoms with E-state index in [1.54, 1.807) is 0 Å². The second kappa shape index (κ2) is 9.29. The van der Waals surface area contributed by atoms with Gasteiger partial charge in [-0.3, -0.25) is 4.79 Å². The van der Waals surface area contributed by atoms with Crippen molar-refractivity contribution in [3.8, 4) is 0 Å². The van der Waals surface area contributed by atoms with Crippen molar-refractivity contribution in [2.45, 2.75) is 58.8 Å². The highest BCUT2D eigenvalue weighted by molar-refractivity contribution is 5.92. The first-order chi connectivity index (χ1) is 10.5. The molecule has 1 aromatic rings. The molecule has 130 valence electrons. The highest BCUT2D eigenvalue weighted by atomic mass is 35.5. The maximum Gasteiger partial charge on any atom is 0.224 e. The number of rotatable bonds is 6. The van der Waals surface area contributed by atoms with E-state index in [1.165, 1.54) is 17.5 Å². The molecule has 1 heterocycles. The molecular formula is C19H31ClN2O. The minimum atomic E-state index is 0. The molecular weight excluding hydrogens is 308 g/mol. The Hall–Kier alpha value is -1.06. The highest BCUT2D eigenvalue weighted by Crippen LogP contribution is 2.32. The second-order valence-corrected chi connectivity index (χ2v) is 7.07. The van der Waals surface area contributed by atoms with E-state index in [0.717, 1.165) is 25.2 Å². The topological polar surface area (TPSA) is 41.1 Å². The SMILES string of the molecule is CC(C)c1cccc(C(C)C)c1NC(=O)CCC1CCNC1.Cl. The third kappa shape index (κ3) is 5.50. The summed E-state index contributed by atoms with van der Waals surface area (Å²) in [5.74, 6) is 1.64. The molecule has 1 aliphatic heterocycles. The number of carbonyl (C=O) groups is 1. The Balaban J connectivity index is 0.00000264. The molecule has 1 unspecified atom stereocenters. The van der Waals surface area contributed by atoms with Crippen LogP contribution in [0.25, 0.3) is 0 Å². The molecule has 0 saturated carbocycles. The summed E-state index contributed by atoms with van der Waals surface area (Å²) in [6.45, 7) is 10.9. The van der Waals surface area contributed by atoms with E-state index in [1.807, 2.05) is 0 Å². The maximum atomic E-state index is 12.4. The van der Waals surface area contributed by atoms with Crippen molar-refractivity contribution in [2.75, 3.05) is 18.4 Å². The van der Waals surface area contributed by atoms with E-state index in [2.05, 4.69) is 56.5 Å². The van der Waals surface area contributed by atoms with Crippen molar-refractivity contribution in [3.05, 3.63) is 29.3 Å². The quantitative estimate of drug-likeness (QED) is 0.790. The number of hydrogen-bond donors (Lipinski definition) is 2. The van der Waals surface area contributed by atoms with E-state index in [4.69, 9.17) is 0 Å². The minimum Gasteiger partial charge on any atom is -0.326 e. The van der Waals surface area contributed by atoms with Crippen molar-refractivity contribution >= 4 is 24.0 Å². The Bertz CT molecular complexity index is 482. The number of hydrogen-bond acceptors (Lipinski definition) is 2. The summed E-state index contributed by atoms with van der Waals surface area (Å²) in [7, 11) is 0. The number of carbonyl (C=O) groups excluding carboxylic acids is 1. The average molecular weight is 339 g/mol. The van der Waals surface area contributed by atoms with Gasteiger partial charge < -0.3 is 10.6 Å². The molecule has 4 heteroatoms. The van der Waals surface area contributed by atoms with Crippen molar-refractivity contribution in [1.82, 2.24) is 5.32 Å². The summed E-state index contributed by atoms with van der Waals surface area (Å²) in [6, 6.07) is 6.37. The molecule has 0 spiro atoms. The Kier molecular flexibility index (Phi) is 8.07. The number of benzene rings is 1. The Morgan fingerprint density at radius 3 is 2.30 bits per heavy atom. The van der Waals surface area contributed by atoms with Crippen molar-refractivity contribution in [2.24, 2.45) is 5.92 Å². The first kappa shape index (κ1) is 20.0. The molecule has 2 rings (SSSR count). The fraction of sp³-hybridized carbons (Fsp3) is 0.632. The van der Waals surface area contributed by atoms with Gasteiger partial charge in [0, 0.05) is 12.1 Å². The van der Waals surface area contributed by atoms with Crippen LogP contribution in [0.15, 0.2) is 18.2 Å². The lowest BCUT2D eigenvalue weighted by Crippen LogP contribution is -2.17. The second-order valence-electron chi connectivity index (χ2n) is 7.07. The lowest BCUT2D eigenvalue weighted by molar-refractivity contribution is -0.116. The largest absolute Gasteiger partial charge is 0.326 e. The summed E-state index contributed by atoms with van der Waals surface area (Å²) < 4.78 is 0. The Morgan fingerprint density at radius 2 is 1.83 bits per heavy atom. The van der Waals surface area contributed by atoms with Gasteiger partial charge in [-0.1, -0.05) is 45.9 Å². The lowest BCUT2D eigenvalue weighted by Gasteiger charge is -2.20. The molecule has 0 aromatic heterocycles. The van der Waals surface area contributed by atoms with Crippen LogP contribution < -0.4 is 10.6 Å². The van der Waals surface area contributed by atoms with Crippen LogP contribution in [0.2, 0.25) is 0 Å². The number of nitrogens with one attached hydrogen (secondary N) is 2. The number of para-hydroxylation sites is 1. The number of halogens is 1. The van der Waals surface area contributed by atoms with Crippen molar-refractivity contribution < 1.29 is 4.79 Å². The first-order valence-corrected chi connectivity index (χ1v) is 8.62. The summed E-state index contributed by atoms with van der Waals surface area (Å²) in [5, 5.41) is 6.57. The molecule has 23 heavy (non-hydrogen) atoms. The normalized spacial score (nSPS) is 17.4. The molecule has 1 amide bonds. The molecule has 1 fully saturated rings. The van der Waals surface area contributed by atoms with Crippen molar-refractivity contribution in [3.63, 3.8) is 0 Å². The van der Waals surface area contributed by atoms with Gasteiger partial charge in [0.05, 0.1) is 0 Å². The molecule has 1 aliphatic rings. The highest BCUT2D eigenvalue weighted by Gasteiger charge is 2.18. The molecule has 0 radical (unpaired) electrons. The summed E-state index contributed by atoms with van der Waals surface area (Å²) >= 11 is 0. The zero-order valence-electron chi connectivity index (χ0n) is 14.8. The fourth-order valence-corrected chi connectivity index (χ4v) is 3.19. The molecule has 0 aliphatic carbocycles. The van der Waals surface area contributed by atoms with E-state index >= 15 is 0 Å². The summed E-state index contributed by atoms with van der Waals surface area (Å²) in [4.78, 5) is 12.4. The van der Waals surface area contributed by atoms with Crippen LogP contribution in [0, 0.1) is 5.92 Å². The van der Waals surface area contributed by atoms with E-state index in [0.29, 0.717) is 24.2 Å². The molecule has 1 aromatic carbocycles. The van der Waals surface area contributed by atoms with Gasteiger partial charge in [0.25, 0.3) is 0 Å². The molecule has 1 saturated heterocycles. The van der Waals surface area contributed by atoms with Gasteiger partial charge in [-0.25, -0.2) is 0 Å². The third-order valence-electron chi connectivity index (χ3n) is 4.58. The summed E-state index contributed by atoms with van der Waals surface area (Å²) in [5.41, 5.74) is 3.52. The van der Waals surface area contributed by atoms with E-state index in [9.17, 15) is 4.79 Å². The maximum absolute atomic E-state index is 12.4. The number of anilines is 1. The van der Waals surface area contributed by atoms with Crippen LogP contribution in [0.1, 0.15) is 69.9 Å². The van der Waals surface area contributed by atoms with Gasteiger partial charge in [-0.05, 0) is 54.8 Å². The van der Waals surface area contributed by atoms with Crippen LogP contribution >= 0.6 is 12.4 Å². The van der Waals surface area contributed by atoms with Crippen LogP contribution in [-0.4, -0.2) is 19.0 Å². The van der Waals surface area contributed by atoms with Crippen LogP contribution in [0.4, 0.5) is 5.69 Å². The van der Waals surface area contributed by atoms with Crippen molar-refractivity contribution in [1.29, 1.82) is 0 Å². The fourth-order valence-electron chi connectivity index (χ4n) is 3.19. The van der Waals surface area contributed by atoms with Gasteiger partial charge in [0.1, 0.15) is 0 Å².